The summed E-state index contributed by atoms with van der Waals surface area (Å²) in [5.41, 5.74) is 11.0. The van der Waals surface area contributed by atoms with Crippen molar-refractivity contribution in [3.8, 4) is 28.4 Å². The summed E-state index contributed by atoms with van der Waals surface area (Å²) in [5, 5.41) is 2.32. The number of aromatic nitrogens is 3. The van der Waals surface area contributed by atoms with Crippen LogP contribution in [0.15, 0.2) is 152 Å². The number of hydrogen-bond acceptors (Lipinski definition) is 3. The van der Waals surface area contributed by atoms with Gasteiger partial charge in [0, 0.05) is 34.3 Å². The Morgan fingerprint density at radius 3 is 1.98 bits per heavy atom. The van der Waals surface area contributed by atoms with Crippen LogP contribution < -0.4 is 4.74 Å². The van der Waals surface area contributed by atoms with Crippen LogP contribution in [0, 0.1) is 0 Å². The molecule has 1 spiro atoms. The lowest BCUT2D eigenvalue weighted by molar-refractivity contribution is 0.434. The van der Waals surface area contributed by atoms with Crippen molar-refractivity contribution in [2.45, 2.75) is 5.41 Å². The van der Waals surface area contributed by atoms with Crippen molar-refractivity contribution in [1.29, 1.82) is 0 Å². The van der Waals surface area contributed by atoms with Crippen molar-refractivity contribution in [1.82, 2.24) is 14.5 Å². The summed E-state index contributed by atoms with van der Waals surface area (Å²) < 4.78 is 8.79. The van der Waals surface area contributed by atoms with E-state index in [1.165, 1.54) is 27.6 Å². The molecular formula is C43H27N3O. The van der Waals surface area contributed by atoms with Gasteiger partial charge in [0.1, 0.15) is 17.3 Å². The predicted molar refractivity (Wildman–Crippen MR) is 189 cm³/mol. The minimum atomic E-state index is -0.582. The Labute approximate surface area is 271 Å². The number of nitrogens with zero attached hydrogens (tertiary/aromatic N) is 3. The number of pyridine rings is 2. The summed E-state index contributed by atoms with van der Waals surface area (Å²) in [6.07, 6.45) is 10.2. The van der Waals surface area contributed by atoms with Crippen LogP contribution in [0.3, 0.4) is 0 Å². The molecule has 0 amide bonds. The van der Waals surface area contributed by atoms with Gasteiger partial charge in [-0.05, 0) is 81.9 Å². The highest BCUT2D eigenvalue weighted by molar-refractivity contribution is 6.10. The molecule has 0 bridgehead atoms. The summed E-state index contributed by atoms with van der Waals surface area (Å²) >= 11 is 0. The van der Waals surface area contributed by atoms with Crippen molar-refractivity contribution in [3.63, 3.8) is 0 Å². The molecule has 0 unspecified atom stereocenters. The minimum absolute atomic E-state index is 0.582. The highest BCUT2D eigenvalue weighted by Gasteiger charge is 2.47. The first kappa shape index (κ1) is 26.0. The molecule has 1 aliphatic heterocycles. The van der Waals surface area contributed by atoms with Crippen molar-refractivity contribution < 1.29 is 4.74 Å². The third kappa shape index (κ3) is 3.64. The molecule has 0 N–H and O–H groups in total. The zero-order chi connectivity index (χ0) is 31.0. The lowest BCUT2D eigenvalue weighted by Gasteiger charge is -2.42. The van der Waals surface area contributed by atoms with E-state index < -0.39 is 5.41 Å². The predicted octanol–water partition coefficient (Wildman–Crippen LogP) is 10.2. The van der Waals surface area contributed by atoms with Crippen molar-refractivity contribution in [3.05, 3.63) is 185 Å². The average molecular weight is 602 g/mol. The van der Waals surface area contributed by atoms with Crippen LogP contribution in [-0.2, 0) is 5.41 Å². The van der Waals surface area contributed by atoms with Gasteiger partial charge in [-0.2, -0.15) is 0 Å². The molecule has 10 rings (SSSR count). The Morgan fingerprint density at radius 1 is 0.511 bits per heavy atom. The van der Waals surface area contributed by atoms with Crippen molar-refractivity contribution in [2.24, 2.45) is 0 Å². The van der Waals surface area contributed by atoms with E-state index in [1.54, 1.807) is 0 Å². The van der Waals surface area contributed by atoms with Gasteiger partial charge in [-0.3, -0.25) is 9.55 Å². The molecule has 1 aliphatic carbocycles. The molecule has 220 valence electrons. The zero-order valence-corrected chi connectivity index (χ0v) is 25.3. The van der Waals surface area contributed by atoms with E-state index in [-0.39, 0.29) is 0 Å². The van der Waals surface area contributed by atoms with Crippen LogP contribution >= 0.6 is 0 Å². The molecule has 0 saturated heterocycles. The fourth-order valence-corrected chi connectivity index (χ4v) is 7.87. The monoisotopic (exact) mass is 601 g/mol. The largest absolute Gasteiger partial charge is 0.457 e. The second-order valence-electron chi connectivity index (χ2n) is 12.2. The Bertz CT molecular complexity index is 2520. The third-order valence-electron chi connectivity index (χ3n) is 9.85. The maximum absolute atomic E-state index is 6.59. The Kier molecular flexibility index (Phi) is 5.46. The van der Waals surface area contributed by atoms with Gasteiger partial charge in [0.15, 0.2) is 0 Å². The number of hydrogen-bond donors (Lipinski definition) is 0. The molecule has 0 atom stereocenters. The van der Waals surface area contributed by atoms with Crippen molar-refractivity contribution >= 4 is 34.0 Å². The van der Waals surface area contributed by atoms with E-state index in [2.05, 4.69) is 142 Å². The van der Waals surface area contributed by atoms with Crippen LogP contribution in [0.25, 0.3) is 50.9 Å². The topological polar surface area (TPSA) is 39.9 Å². The van der Waals surface area contributed by atoms with E-state index in [4.69, 9.17) is 4.74 Å². The number of rotatable bonds is 2. The first-order valence-corrected chi connectivity index (χ1v) is 15.9. The van der Waals surface area contributed by atoms with Crippen LogP contribution in [-0.4, -0.2) is 14.5 Å². The van der Waals surface area contributed by atoms with E-state index in [1.807, 2.05) is 36.8 Å². The van der Waals surface area contributed by atoms with Gasteiger partial charge in [-0.15, -0.1) is 0 Å². The molecule has 0 radical (unpaired) electrons. The molecule has 4 nitrogen and oxygen atoms in total. The third-order valence-corrected chi connectivity index (χ3v) is 9.85. The lowest BCUT2D eigenvalue weighted by Crippen LogP contribution is -2.35. The molecule has 3 aromatic heterocycles. The second-order valence-corrected chi connectivity index (χ2v) is 12.2. The number of ether oxygens (including phenoxy) is 1. The Morgan fingerprint density at radius 2 is 1.19 bits per heavy atom. The fourth-order valence-electron chi connectivity index (χ4n) is 7.87. The summed E-state index contributed by atoms with van der Waals surface area (Å²) in [7, 11) is 0. The first-order valence-electron chi connectivity index (χ1n) is 15.9. The van der Waals surface area contributed by atoms with E-state index in [0.29, 0.717) is 0 Å². The number of fused-ring (bicyclic) bond motifs is 11. The summed E-state index contributed by atoms with van der Waals surface area (Å²) in [6.45, 7) is 0. The van der Waals surface area contributed by atoms with Gasteiger partial charge in [0.25, 0.3) is 0 Å². The first-order chi connectivity index (χ1) is 23.3. The molecule has 5 aromatic carbocycles. The minimum Gasteiger partial charge on any atom is -0.457 e. The maximum atomic E-state index is 6.59. The van der Waals surface area contributed by atoms with Crippen LogP contribution in [0.2, 0.25) is 0 Å². The Hall–Kier alpha value is -6.26. The average Bonchev–Trinajstić information content (AvgIpc) is 3.39. The van der Waals surface area contributed by atoms with Crippen LogP contribution in [0.4, 0.5) is 0 Å². The molecular weight excluding hydrogens is 574 g/mol. The van der Waals surface area contributed by atoms with Crippen LogP contribution in [0.1, 0.15) is 33.4 Å². The summed E-state index contributed by atoms with van der Waals surface area (Å²) in [4.78, 5) is 9.15. The highest BCUT2D eigenvalue weighted by atomic mass is 16.5. The van der Waals surface area contributed by atoms with E-state index in [9.17, 15) is 0 Å². The molecule has 47 heavy (non-hydrogen) atoms. The quantitative estimate of drug-likeness (QED) is 0.198. The standard InChI is InChI=1S/C43H27N3O/c1-2-10-34-28(9-1)16-17-29-18-19-31(26-37(29)43(34)35-11-3-5-13-40(35)47-41-14-6-4-12-36(41)43)30-20-21-38-33(25-30)32-22-24-44-27-39(32)46(38)42-15-7-8-23-45-42/h1-27H. The number of para-hydroxylation sites is 2. The normalized spacial score (nSPS) is 13.8. The zero-order valence-electron chi connectivity index (χ0n) is 25.3. The van der Waals surface area contributed by atoms with Gasteiger partial charge in [-0.1, -0.05) is 97.1 Å². The number of benzene rings is 5. The Balaban J connectivity index is 1.26. The van der Waals surface area contributed by atoms with Gasteiger partial charge >= 0.3 is 0 Å². The van der Waals surface area contributed by atoms with Gasteiger partial charge in [-0.25, -0.2) is 4.98 Å². The molecule has 0 fully saturated rings. The molecule has 0 saturated carbocycles. The van der Waals surface area contributed by atoms with Crippen LogP contribution in [0.5, 0.6) is 11.5 Å². The maximum Gasteiger partial charge on any atom is 0.137 e. The molecule has 8 aromatic rings. The summed E-state index contributed by atoms with van der Waals surface area (Å²) in [6, 6.07) is 47.6. The van der Waals surface area contributed by atoms with Gasteiger partial charge < -0.3 is 4.74 Å². The molecule has 4 heteroatoms. The smallest absolute Gasteiger partial charge is 0.137 e. The SMILES string of the molecule is C1=Cc2ccc(-c3ccc4c(c3)c3ccncc3n4-c3ccccn3)cc2C2(c3ccccc31)c1ccccc1Oc1ccccc12. The van der Waals surface area contributed by atoms with E-state index in [0.717, 1.165) is 56.0 Å². The summed E-state index contributed by atoms with van der Waals surface area (Å²) in [5.74, 6) is 2.65. The lowest BCUT2D eigenvalue weighted by atomic mass is 9.62. The highest BCUT2D eigenvalue weighted by Crippen LogP contribution is 2.58. The van der Waals surface area contributed by atoms with Gasteiger partial charge in [0.05, 0.1) is 22.6 Å². The molecule has 2 aliphatic rings. The second kappa shape index (κ2) is 9.87. The fraction of sp³-hybridized carbons (Fsp3) is 0.0233. The molecule has 4 heterocycles. The van der Waals surface area contributed by atoms with Crippen molar-refractivity contribution in [2.75, 3.05) is 0 Å². The van der Waals surface area contributed by atoms with Gasteiger partial charge in [0.2, 0.25) is 0 Å². The van der Waals surface area contributed by atoms with E-state index >= 15 is 0 Å².